The Kier molecular flexibility index (Phi) is 6.78. The summed E-state index contributed by atoms with van der Waals surface area (Å²) in [6.07, 6.45) is 0. The fourth-order valence-corrected chi connectivity index (χ4v) is 7.08. The van der Waals surface area contributed by atoms with E-state index in [9.17, 15) is 0 Å². The van der Waals surface area contributed by atoms with Crippen LogP contribution >= 0.6 is 0 Å². The van der Waals surface area contributed by atoms with Crippen LogP contribution in [0.25, 0.3) is 99.9 Å². The molecule has 0 aliphatic carbocycles. The van der Waals surface area contributed by atoms with Crippen LogP contribution in [0.4, 0.5) is 0 Å². The van der Waals surface area contributed by atoms with Crippen molar-refractivity contribution in [1.29, 1.82) is 0 Å². The molecular formula is C47H29N3O. The molecule has 238 valence electrons. The van der Waals surface area contributed by atoms with Gasteiger partial charge in [0, 0.05) is 27.5 Å². The van der Waals surface area contributed by atoms with E-state index in [-0.39, 0.29) is 0 Å². The molecule has 0 saturated carbocycles. The lowest BCUT2D eigenvalue weighted by Gasteiger charge is -2.10. The molecule has 4 nitrogen and oxygen atoms in total. The maximum Gasteiger partial charge on any atom is 0.164 e. The number of furan rings is 1. The summed E-state index contributed by atoms with van der Waals surface area (Å²) in [5.41, 5.74) is 8.93. The molecular weight excluding hydrogens is 623 g/mol. The second-order valence-electron chi connectivity index (χ2n) is 12.9. The van der Waals surface area contributed by atoms with E-state index in [1.165, 1.54) is 27.1 Å². The van der Waals surface area contributed by atoms with Crippen LogP contribution in [-0.2, 0) is 0 Å². The Morgan fingerprint density at radius 3 is 1.51 bits per heavy atom. The summed E-state index contributed by atoms with van der Waals surface area (Å²) in [4.78, 5) is 15.2. The first-order valence-electron chi connectivity index (χ1n) is 17.1. The lowest BCUT2D eigenvalue weighted by atomic mass is 9.99. The molecule has 0 aliphatic heterocycles. The lowest BCUT2D eigenvalue weighted by molar-refractivity contribution is 0.669. The fourth-order valence-electron chi connectivity index (χ4n) is 7.08. The predicted octanol–water partition coefficient (Wildman–Crippen LogP) is 12.4. The van der Waals surface area contributed by atoms with Crippen LogP contribution in [0.5, 0.6) is 0 Å². The van der Waals surface area contributed by atoms with Crippen LogP contribution in [0.15, 0.2) is 180 Å². The van der Waals surface area contributed by atoms with Crippen LogP contribution in [0.3, 0.4) is 0 Å². The van der Waals surface area contributed by atoms with Crippen LogP contribution < -0.4 is 0 Å². The number of hydrogen-bond acceptors (Lipinski definition) is 4. The van der Waals surface area contributed by atoms with Gasteiger partial charge in [-0.3, -0.25) is 0 Å². The Morgan fingerprint density at radius 1 is 0.314 bits per heavy atom. The maximum atomic E-state index is 6.50. The minimum Gasteiger partial charge on any atom is -0.456 e. The molecule has 10 aromatic rings. The molecule has 0 atom stereocenters. The molecule has 4 heteroatoms. The van der Waals surface area contributed by atoms with Gasteiger partial charge in [-0.1, -0.05) is 146 Å². The highest BCUT2D eigenvalue weighted by molar-refractivity contribution is 6.12. The molecule has 2 heterocycles. The van der Waals surface area contributed by atoms with Gasteiger partial charge in [0.15, 0.2) is 17.5 Å². The highest BCUT2D eigenvalue weighted by atomic mass is 16.3. The van der Waals surface area contributed by atoms with Gasteiger partial charge in [0.25, 0.3) is 0 Å². The number of nitrogens with zero attached hydrogens (tertiary/aromatic N) is 3. The van der Waals surface area contributed by atoms with Gasteiger partial charge in [0.2, 0.25) is 0 Å². The minimum absolute atomic E-state index is 0.601. The zero-order valence-electron chi connectivity index (χ0n) is 27.5. The second kappa shape index (κ2) is 11.9. The van der Waals surface area contributed by atoms with E-state index in [1.807, 2.05) is 42.5 Å². The molecule has 0 radical (unpaired) electrons. The number of hydrogen-bond donors (Lipinski definition) is 0. The van der Waals surface area contributed by atoms with Gasteiger partial charge in [0.05, 0.1) is 0 Å². The van der Waals surface area contributed by atoms with Crippen molar-refractivity contribution in [2.75, 3.05) is 0 Å². The van der Waals surface area contributed by atoms with Crippen molar-refractivity contribution < 1.29 is 4.42 Å². The summed E-state index contributed by atoms with van der Waals surface area (Å²) < 4.78 is 6.50. The monoisotopic (exact) mass is 651 g/mol. The molecule has 0 bridgehead atoms. The van der Waals surface area contributed by atoms with E-state index in [2.05, 4.69) is 133 Å². The molecule has 0 saturated heterocycles. The smallest absolute Gasteiger partial charge is 0.164 e. The zero-order chi connectivity index (χ0) is 33.7. The van der Waals surface area contributed by atoms with Crippen molar-refractivity contribution >= 4 is 43.5 Å². The average Bonchev–Trinajstić information content (AvgIpc) is 3.59. The first-order chi connectivity index (χ1) is 25.2. The molecule has 10 rings (SSSR count). The van der Waals surface area contributed by atoms with E-state index in [0.717, 1.165) is 55.3 Å². The molecule has 51 heavy (non-hydrogen) atoms. The van der Waals surface area contributed by atoms with Crippen molar-refractivity contribution in [3.63, 3.8) is 0 Å². The van der Waals surface area contributed by atoms with Crippen molar-refractivity contribution in [2.24, 2.45) is 0 Å². The van der Waals surface area contributed by atoms with E-state index < -0.39 is 0 Å². The molecule has 0 N–H and O–H groups in total. The highest BCUT2D eigenvalue weighted by Crippen LogP contribution is 2.38. The molecule has 8 aromatic carbocycles. The standard InChI is InChI=1S/C47H29N3O/c1-2-11-33(12-3-1)45-48-46(34-21-17-32(18-22-34)37-23-19-30-9-4-6-13-35(30)27-37)50-47(49-45)41-15-8-16-42-44(41)40-26-25-39(29-43(40)51-42)38-24-20-31-10-5-7-14-36(31)28-38/h1-29H. The second-order valence-corrected chi connectivity index (χ2v) is 12.9. The molecule has 0 unspecified atom stereocenters. The summed E-state index contributed by atoms with van der Waals surface area (Å²) in [6, 6.07) is 61.2. The van der Waals surface area contributed by atoms with Crippen molar-refractivity contribution in [2.45, 2.75) is 0 Å². The Bertz CT molecular complexity index is 2910. The molecule has 0 fully saturated rings. The third-order valence-corrected chi connectivity index (χ3v) is 9.71. The van der Waals surface area contributed by atoms with Gasteiger partial charge in [-0.05, 0) is 74.1 Å². The van der Waals surface area contributed by atoms with Crippen molar-refractivity contribution in [3.8, 4) is 56.4 Å². The third-order valence-electron chi connectivity index (χ3n) is 9.71. The normalized spacial score (nSPS) is 11.5. The Morgan fingerprint density at radius 2 is 0.824 bits per heavy atom. The van der Waals surface area contributed by atoms with Crippen LogP contribution in [-0.4, -0.2) is 15.0 Å². The van der Waals surface area contributed by atoms with Crippen LogP contribution in [0.2, 0.25) is 0 Å². The van der Waals surface area contributed by atoms with Gasteiger partial charge >= 0.3 is 0 Å². The maximum absolute atomic E-state index is 6.50. The first kappa shape index (κ1) is 29.0. The van der Waals surface area contributed by atoms with Crippen molar-refractivity contribution in [3.05, 3.63) is 176 Å². The summed E-state index contributed by atoms with van der Waals surface area (Å²) in [7, 11) is 0. The van der Waals surface area contributed by atoms with E-state index >= 15 is 0 Å². The summed E-state index contributed by atoms with van der Waals surface area (Å²) in [5.74, 6) is 1.84. The van der Waals surface area contributed by atoms with Gasteiger partial charge < -0.3 is 4.42 Å². The van der Waals surface area contributed by atoms with Crippen LogP contribution in [0.1, 0.15) is 0 Å². The SMILES string of the molecule is c1ccc(-c2nc(-c3ccc(-c4ccc5ccccc5c4)cc3)nc(-c3cccc4oc5cc(-c6ccc7ccccc7c6)ccc5c34)n2)cc1. The fraction of sp³-hybridized carbons (Fsp3) is 0. The van der Waals surface area contributed by atoms with Gasteiger partial charge in [-0.25, -0.2) is 15.0 Å². The van der Waals surface area contributed by atoms with Gasteiger partial charge in [-0.2, -0.15) is 0 Å². The summed E-state index contributed by atoms with van der Waals surface area (Å²) in [5, 5.41) is 6.90. The predicted molar refractivity (Wildman–Crippen MR) is 209 cm³/mol. The number of benzene rings is 8. The number of rotatable bonds is 5. The molecule has 2 aromatic heterocycles. The highest BCUT2D eigenvalue weighted by Gasteiger charge is 2.18. The molecule has 0 amide bonds. The van der Waals surface area contributed by atoms with E-state index in [0.29, 0.717) is 17.5 Å². The number of fused-ring (bicyclic) bond motifs is 5. The van der Waals surface area contributed by atoms with E-state index in [1.54, 1.807) is 0 Å². The Balaban J connectivity index is 1.09. The van der Waals surface area contributed by atoms with Crippen LogP contribution in [0, 0.1) is 0 Å². The zero-order valence-corrected chi connectivity index (χ0v) is 27.5. The molecule has 0 spiro atoms. The lowest BCUT2D eigenvalue weighted by Crippen LogP contribution is -2.00. The Hall–Kier alpha value is -6.91. The van der Waals surface area contributed by atoms with Crippen molar-refractivity contribution in [1.82, 2.24) is 15.0 Å². The van der Waals surface area contributed by atoms with Gasteiger partial charge in [-0.15, -0.1) is 0 Å². The first-order valence-corrected chi connectivity index (χ1v) is 17.1. The van der Waals surface area contributed by atoms with E-state index in [4.69, 9.17) is 19.4 Å². The Labute approximate surface area is 294 Å². The minimum atomic E-state index is 0.601. The topological polar surface area (TPSA) is 51.8 Å². The third kappa shape index (κ3) is 5.22. The summed E-state index contributed by atoms with van der Waals surface area (Å²) >= 11 is 0. The molecule has 0 aliphatic rings. The quantitative estimate of drug-likeness (QED) is 0.186. The number of aromatic nitrogens is 3. The largest absolute Gasteiger partial charge is 0.456 e. The average molecular weight is 652 g/mol. The van der Waals surface area contributed by atoms with Gasteiger partial charge in [0.1, 0.15) is 11.2 Å². The summed E-state index contributed by atoms with van der Waals surface area (Å²) in [6.45, 7) is 0.